The van der Waals surface area contributed by atoms with Gasteiger partial charge in [0.15, 0.2) is 0 Å². The summed E-state index contributed by atoms with van der Waals surface area (Å²) >= 11 is 0. The molecule has 0 aromatic heterocycles. The SMILES string of the molecule is Cc1ccccc1CN(C)CC(C)C(O)c1ccccc1. The minimum atomic E-state index is -0.412. The Labute approximate surface area is 128 Å². The molecule has 0 aliphatic heterocycles. The van der Waals surface area contributed by atoms with E-state index < -0.39 is 6.10 Å². The summed E-state index contributed by atoms with van der Waals surface area (Å²) in [4.78, 5) is 2.28. The summed E-state index contributed by atoms with van der Waals surface area (Å²) in [5.74, 6) is 0.196. The Balaban J connectivity index is 1.93. The molecule has 2 aromatic carbocycles. The third-order valence-corrected chi connectivity index (χ3v) is 3.98. The van der Waals surface area contributed by atoms with E-state index >= 15 is 0 Å². The van der Waals surface area contributed by atoms with Gasteiger partial charge in [0.05, 0.1) is 6.10 Å². The first-order valence-electron chi connectivity index (χ1n) is 7.54. The molecule has 0 spiro atoms. The topological polar surface area (TPSA) is 23.5 Å². The smallest absolute Gasteiger partial charge is 0.0827 e. The maximum atomic E-state index is 10.4. The Morgan fingerprint density at radius 3 is 2.29 bits per heavy atom. The van der Waals surface area contributed by atoms with E-state index in [2.05, 4.69) is 50.1 Å². The highest BCUT2D eigenvalue weighted by molar-refractivity contribution is 5.25. The zero-order valence-corrected chi connectivity index (χ0v) is 13.2. The largest absolute Gasteiger partial charge is 0.388 e. The fourth-order valence-electron chi connectivity index (χ4n) is 2.71. The maximum Gasteiger partial charge on any atom is 0.0827 e. The van der Waals surface area contributed by atoms with Gasteiger partial charge in [-0.05, 0) is 36.6 Å². The summed E-state index contributed by atoms with van der Waals surface area (Å²) in [6.45, 7) is 6.03. The molecule has 0 fully saturated rings. The van der Waals surface area contributed by atoms with Crippen molar-refractivity contribution in [3.63, 3.8) is 0 Å². The standard InChI is InChI=1S/C19H25NO/c1-15-9-7-8-12-18(15)14-20(3)13-16(2)19(21)17-10-5-4-6-11-17/h4-12,16,19,21H,13-14H2,1-3H3. The molecule has 2 rings (SSSR count). The molecule has 112 valence electrons. The second-order valence-corrected chi connectivity index (χ2v) is 5.96. The van der Waals surface area contributed by atoms with Gasteiger partial charge in [0.1, 0.15) is 0 Å². The van der Waals surface area contributed by atoms with Crippen LogP contribution in [0.4, 0.5) is 0 Å². The molecular weight excluding hydrogens is 258 g/mol. The van der Waals surface area contributed by atoms with Crippen LogP contribution < -0.4 is 0 Å². The summed E-state index contributed by atoms with van der Waals surface area (Å²) in [5.41, 5.74) is 3.66. The van der Waals surface area contributed by atoms with Crippen LogP contribution in [0.3, 0.4) is 0 Å². The van der Waals surface area contributed by atoms with Gasteiger partial charge < -0.3 is 10.0 Å². The number of hydrogen-bond acceptors (Lipinski definition) is 2. The van der Waals surface area contributed by atoms with Crippen molar-refractivity contribution in [2.75, 3.05) is 13.6 Å². The molecule has 0 heterocycles. The molecule has 0 saturated carbocycles. The summed E-state index contributed by atoms with van der Waals surface area (Å²) in [6, 6.07) is 18.4. The summed E-state index contributed by atoms with van der Waals surface area (Å²) in [7, 11) is 2.11. The van der Waals surface area contributed by atoms with Crippen molar-refractivity contribution in [2.45, 2.75) is 26.5 Å². The second-order valence-electron chi connectivity index (χ2n) is 5.96. The molecule has 0 amide bonds. The van der Waals surface area contributed by atoms with Gasteiger partial charge >= 0.3 is 0 Å². The van der Waals surface area contributed by atoms with Crippen molar-refractivity contribution < 1.29 is 5.11 Å². The van der Waals surface area contributed by atoms with Crippen molar-refractivity contribution >= 4 is 0 Å². The minimum Gasteiger partial charge on any atom is -0.388 e. The Hall–Kier alpha value is -1.64. The number of rotatable bonds is 6. The van der Waals surface area contributed by atoms with Gasteiger partial charge in [-0.15, -0.1) is 0 Å². The first-order chi connectivity index (χ1) is 10.1. The molecule has 0 bridgehead atoms. The van der Waals surface area contributed by atoms with Gasteiger partial charge in [-0.1, -0.05) is 61.5 Å². The molecule has 2 aromatic rings. The van der Waals surface area contributed by atoms with Crippen LogP contribution in [0.5, 0.6) is 0 Å². The van der Waals surface area contributed by atoms with Gasteiger partial charge in [-0.3, -0.25) is 0 Å². The van der Waals surface area contributed by atoms with Crippen LogP contribution in [0.1, 0.15) is 29.7 Å². The number of benzene rings is 2. The molecule has 2 nitrogen and oxygen atoms in total. The molecule has 0 aliphatic carbocycles. The lowest BCUT2D eigenvalue weighted by atomic mass is 9.97. The number of hydrogen-bond donors (Lipinski definition) is 1. The number of aliphatic hydroxyl groups is 1. The van der Waals surface area contributed by atoms with Crippen LogP contribution in [-0.2, 0) is 6.54 Å². The maximum absolute atomic E-state index is 10.4. The Morgan fingerprint density at radius 1 is 1.00 bits per heavy atom. The number of aliphatic hydroxyl groups excluding tert-OH is 1. The van der Waals surface area contributed by atoms with Crippen LogP contribution in [0.25, 0.3) is 0 Å². The molecule has 2 unspecified atom stereocenters. The zero-order valence-electron chi connectivity index (χ0n) is 13.2. The Bertz CT molecular complexity index is 553. The molecule has 21 heavy (non-hydrogen) atoms. The highest BCUT2D eigenvalue weighted by Crippen LogP contribution is 2.22. The lowest BCUT2D eigenvalue weighted by Gasteiger charge is -2.25. The predicted molar refractivity (Wildman–Crippen MR) is 88.1 cm³/mol. The van der Waals surface area contributed by atoms with Crippen LogP contribution in [-0.4, -0.2) is 23.6 Å². The van der Waals surface area contributed by atoms with Gasteiger partial charge in [0.2, 0.25) is 0 Å². The fourth-order valence-corrected chi connectivity index (χ4v) is 2.71. The van der Waals surface area contributed by atoms with Crippen LogP contribution in [0.2, 0.25) is 0 Å². The van der Waals surface area contributed by atoms with Crippen molar-refractivity contribution in [2.24, 2.45) is 5.92 Å². The van der Waals surface area contributed by atoms with Crippen molar-refractivity contribution in [1.29, 1.82) is 0 Å². The number of nitrogens with zero attached hydrogens (tertiary/aromatic N) is 1. The monoisotopic (exact) mass is 283 g/mol. The lowest BCUT2D eigenvalue weighted by Crippen LogP contribution is -2.27. The van der Waals surface area contributed by atoms with E-state index in [0.29, 0.717) is 0 Å². The molecule has 2 heteroatoms. The number of aryl methyl sites for hydroxylation is 1. The molecular formula is C19H25NO. The van der Waals surface area contributed by atoms with Crippen LogP contribution >= 0.6 is 0 Å². The first kappa shape index (κ1) is 15.7. The van der Waals surface area contributed by atoms with Crippen LogP contribution in [0, 0.1) is 12.8 Å². The minimum absolute atomic E-state index is 0.196. The van der Waals surface area contributed by atoms with E-state index in [1.807, 2.05) is 30.3 Å². The van der Waals surface area contributed by atoms with E-state index in [4.69, 9.17) is 0 Å². The molecule has 0 aliphatic rings. The molecule has 0 saturated heterocycles. The van der Waals surface area contributed by atoms with Gasteiger partial charge in [-0.2, -0.15) is 0 Å². The summed E-state index contributed by atoms with van der Waals surface area (Å²) < 4.78 is 0. The second kappa shape index (κ2) is 7.39. The normalized spacial score (nSPS) is 14.1. The van der Waals surface area contributed by atoms with E-state index in [0.717, 1.165) is 18.7 Å². The van der Waals surface area contributed by atoms with Crippen molar-refractivity contribution in [1.82, 2.24) is 4.90 Å². The van der Waals surface area contributed by atoms with Crippen molar-refractivity contribution in [3.8, 4) is 0 Å². The quantitative estimate of drug-likeness (QED) is 0.871. The highest BCUT2D eigenvalue weighted by atomic mass is 16.3. The zero-order chi connectivity index (χ0) is 15.2. The Kier molecular flexibility index (Phi) is 5.54. The Morgan fingerprint density at radius 2 is 1.62 bits per heavy atom. The average Bonchev–Trinajstić information content (AvgIpc) is 2.49. The summed E-state index contributed by atoms with van der Waals surface area (Å²) in [6.07, 6.45) is -0.412. The van der Waals surface area contributed by atoms with Gasteiger partial charge in [-0.25, -0.2) is 0 Å². The van der Waals surface area contributed by atoms with Gasteiger partial charge in [0.25, 0.3) is 0 Å². The third-order valence-electron chi connectivity index (χ3n) is 3.98. The van der Waals surface area contributed by atoms with Crippen molar-refractivity contribution in [3.05, 3.63) is 71.3 Å². The van der Waals surface area contributed by atoms with Gasteiger partial charge in [0, 0.05) is 13.1 Å². The summed E-state index contributed by atoms with van der Waals surface area (Å²) in [5, 5.41) is 10.4. The lowest BCUT2D eigenvalue weighted by molar-refractivity contribution is 0.0933. The predicted octanol–water partition coefficient (Wildman–Crippen LogP) is 3.80. The first-order valence-corrected chi connectivity index (χ1v) is 7.54. The molecule has 2 atom stereocenters. The molecule has 1 N–H and O–H groups in total. The van der Waals surface area contributed by atoms with E-state index in [1.165, 1.54) is 11.1 Å². The highest BCUT2D eigenvalue weighted by Gasteiger charge is 2.18. The third kappa shape index (κ3) is 4.42. The van der Waals surface area contributed by atoms with E-state index in [-0.39, 0.29) is 5.92 Å². The van der Waals surface area contributed by atoms with E-state index in [9.17, 15) is 5.11 Å². The average molecular weight is 283 g/mol. The van der Waals surface area contributed by atoms with Crippen LogP contribution in [0.15, 0.2) is 54.6 Å². The molecule has 0 radical (unpaired) electrons. The van der Waals surface area contributed by atoms with E-state index in [1.54, 1.807) is 0 Å². The fraction of sp³-hybridized carbons (Fsp3) is 0.368.